The molecular weight excluding hydrogens is 234 g/mol. The van der Waals surface area contributed by atoms with Gasteiger partial charge in [-0.3, -0.25) is 0 Å². The summed E-state index contributed by atoms with van der Waals surface area (Å²) in [6.07, 6.45) is 5.26. The molecule has 0 bridgehead atoms. The van der Waals surface area contributed by atoms with Crippen molar-refractivity contribution in [1.29, 1.82) is 0 Å². The molecule has 1 aromatic heterocycles. The zero-order valence-electron chi connectivity index (χ0n) is 11.4. The third-order valence-electron chi connectivity index (χ3n) is 4.10. The number of rotatable bonds is 3. The highest BCUT2D eigenvalue weighted by Crippen LogP contribution is 2.35. The molecule has 1 aliphatic carbocycles. The Balaban J connectivity index is 1.94. The van der Waals surface area contributed by atoms with Gasteiger partial charge in [-0.05, 0) is 31.4 Å². The van der Waals surface area contributed by atoms with Crippen molar-refractivity contribution in [2.75, 3.05) is 0 Å². The molecule has 0 atom stereocenters. The van der Waals surface area contributed by atoms with Gasteiger partial charge < -0.3 is 10.7 Å². The summed E-state index contributed by atoms with van der Waals surface area (Å²) in [5, 5.41) is 0. The van der Waals surface area contributed by atoms with E-state index in [0.29, 0.717) is 12.5 Å². The Morgan fingerprint density at radius 2 is 2.11 bits per heavy atom. The highest BCUT2D eigenvalue weighted by Gasteiger charge is 2.22. The number of H-pyrrole nitrogens is 1. The summed E-state index contributed by atoms with van der Waals surface area (Å²) in [6, 6.07) is 8.31. The van der Waals surface area contributed by atoms with Crippen LogP contribution in [0.15, 0.2) is 24.3 Å². The fourth-order valence-corrected chi connectivity index (χ4v) is 3.05. The van der Waals surface area contributed by atoms with Crippen LogP contribution in [0.2, 0.25) is 0 Å². The van der Waals surface area contributed by atoms with Gasteiger partial charge in [0.05, 0.1) is 5.69 Å². The van der Waals surface area contributed by atoms with Gasteiger partial charge in [0.1, 0.15) is 5.82 Å². The monoisotopic (exact) mass is 255 g/mol. The van der Waals surface area contributed by atoms with Crippen LogP contribution in [0.3, 0.4) is 0 Å². The van der Waals surface area contributed by atoms with E-state index in [1.165, 1.54) is 37.1 Å². The number of hydrogen-bond acceptors (Lipinski definition) is 2. The van der Waals surface area contributed by atoms with Crippen LogP contribution in [0.1, 0.15) is 48.6 Å². The van der Waals surface area contributed by atoms with Crippen LogP contribution < -0.4 is 5.73 Å². The fraction of sp³-hybridized carbons (Fsp3) is 0.438. The van der Waals surface area contributed by atoms with Gasteiger partial charge in [0, 0.05) is 23.7 Å². The molecule has 0 radical (unpaired) electrons. The second kappa shape index (κ2) is 5.17. The smallest absolute Gasteiger partial charge is 0.137 e. The largest absolute Gasteiger partial charge is 0.342 e. The molecule has 0 aliphatic heterocycles. The Labute approximate surface area is 114 Å². The standard InChI is InChI=1S/C16H21N3/c1-11-15(13-6-2-3-7-13)19-16(18-11)14-8-4-5-12(9-14)10-17/h4-5,8-9,13H,2-3,6-7,10,17H2,1H3,(H,18,19). The Kier molecular flexibility index (Phi) is 3.38. The molecule has 3 N–H and O–H groups in total. The van der Waals surface area contributed by atoms with Crippen molar-refractivity contribution in [2.45, 2.75) is 45.1 Å². The predicted octanol–water partition coefficient (Wildman–Crippen LogP) is 3.50. The number of nitrogens with two attached hydrogens (primary N) is 1. The summed E-state index contributed by atoms with van der Waals surface area (Å²) in [5.74, 6) is 1.64. The molecule has 0 spiro atoms. The molecule has 0 saturated heterocycles. The molecule has 0 amide bonds. The molecule has 2 aromatic rings. The molecule has 1 fully saturated rings. The fourth-order valence-electron chi connectivity index (χ4n) is 3.05. The number of aryl methyl sites for hydroxylation is 1. The quantitative estimate of drug-likeness (QED) is 0.882. The van der Waals surface area contributed by atoms with E-state index in [-0.39, 0.29) is 0 Å². The van der Waals surface area contributed by atoms with Gasteiger partial charge in [-0.2, -0.15) is 0 Å². The van der Waals surface area contributed by atoms with Gasteiger partial charge in [0.2, 0.25) is 0 Å². The number of aromatic amines is 1. The van der Waals surface area contributed by atoms with E-state index in [1.54, 1.807) is 0 Å². The molecule has 3 nitrogen and oxygen atoms in total. The van der Waals surface area contributed by atoms with Crippen molar-refractivity contribution in [3.8, 4) is 11.4 Å². The van der Waals surface area contributed by atoms with Gasteiger partial charge in [0.25, 0.3) is 0 Å². The first-order valence-electron chi connectivity index (χ1n) is 7.14. The lowest BCUT2D eigenvalue weighted by molar-refractivity contribution is 0.697. The highest BCUT2D eigenvalue weighted by atomic mass is 14.9. The van der Waals surface area contributed by atoms with E-state index in [2.05, 4.69) is 30.1 Å². The SMILES string of the molecule is Cc1[nH]c(-c2cccc(CN)c2)nc1C1CCCC1. The van der Waals surface area contributed by atoms with Gasteiger partial charge in [-0.1, -0.05) is 31.0 Å². The Morgan fingerprint density at radius 3 is 2.84 bits per heavy atom. The second-order valence-electron chi connectivity index (χ2n) is 5.48. The normalized spacial score (nSPS) is 16.1. The van der Waals surface area contributed by atoms with Gasteiger partial charge >= 0.3 is 0 Å². The molecular formula is C16H21N3. The van der Waals surface area contributed by atoms with Crippen LogP contribution >= 0.6 is 0 Å². The van der Waals surface area contributed by atoms with E-state index < -0.39 is 0 Å². The summed E-state index contributed by atoms with van der Waals surface area (Å²) in [6.45, 7) is 2.71. The van der Waals surface area contributed by atoms with Crippen LogP contribution in [-0.4, -0.2) is 9.97 Å². The van der Waals surface area contributed by atoms with Gasteiger partial charge in [-0.25, -0.2) is 4.98 Å². The zero-order valence-corrected chi connectivity index (χ0v) is 11.4. The minimum absolute atomic E-state index is 0.572. The van der Waals surface area contributed by atoms with Crippen molar-refractivity contribution in [1.82, 2.24) is 9.97 Å². The maximum Gasteiger partial charge on any atom is 0.137 e. The zero-order chi connectivity index (χ0) is 13.2. The number of nitrogens with one attached hydrogen (secondary N) is 1. The molecule has 1 aliphatic rings. The summed E-state index contributed by atoms with van der Waals surface area (Å²) in [5.41, 5.74) is 10.5. The van der Waals surface area contributed by atoms with Crippen LogP contribution in [0.5, 0.6) is 0 Å². The Morgan fingerprint density at radius 1 is 1.32 bits per heavy atom. The van der Waals surface area contributed by atoms with Crippen molar-refractivity contribution < 1.29 is 0 Å². The average molecular weight is 255 g/mol. The number of hydrogen-bond donors (Lipinski definition) is 2. The minimum Gasteiger partial charge on any atom is -0.342 e. The van der Waals surface area contributed by atoms with Crippen molar-refractivity contribution >= 4 is 0 Å². The number of benzene rings is 1. The molecule has 100 valence electrons. The van der Waals surface area contributed by atoms with E-state index in [0.717, 1.165) is 17.0 Å². The Hall–Kier alpha value is -1.61. The first-order chi connectivity index (χ1) is 9.28. The highest BCUT2D eigenvalue weighted by molar-refractivity contribution is 5.57. The maximum atomic E-state index is 5.70. The predicted molar refractivity (Wildman–Crippen MR) is 77.9 cm³/mol. The number of aromatic nitrogens is 2. The average Bonchev–Trinajstić information content (AvgIpc) is 3.07. The summed E-state index contributed by atoms with van der Waals surface area (Å²) >= 11 is 0. The van der Waals surface area contributed by atoms with E-state index in [1.807, 2.05) is 6.07 Å². The van der Waals surface area contributed by atoms with Crippen molar-refractivity contribution in [2.24, 2.45) is 5.73 Å². The first kappa shape index (κ1) is 12.4. The Bertz CT molecular complexity index is 565. The van der Waals surface area contributed by atoms with E-state index in [9.17, 15) is 0 Å². The van der Waals surface area contributed by atoms with Crippen LogP contribution in [-0.2, 0) is 6.54 Å². The summed E-state index contributed by atoms with van der Waals surface area (Å²) in [7, 11) is 0. The second-order valence-corrected chi connectivity index (χ2v) is 5.48. The molecule has 0 unspecified atom stereocenters. The van der Waals surface area contributed by atoms with Crippen molar-refractivity contribution in [3.63, 3.8) is 0 Å². The van der Waals surface area contributed by atoms with E-state index in [4.69, 9.17) is 10.7 Å². The van der Waals surface area contributed by atoms with Crippen molar-refractivity contribution in [3.05, 3.63) is 41.2 Å². The lowest BCUT2D eigenvalue weighted by atomic mass is 10.0. The third kappa shape index (κ3) is 2.43. The third-order valence-corrected chi connectivity index (χ3v) is 4.10. The molecule has 1 saturated carbocycles. The lowest BCUT2D eigenvalue weighted by Gasteiger charge is -2.05. The molecule has 3 rings (SSSR count). The number of nitrogens with zero attached hydrogens (tertiary/aromatic N) is 1. The van der Waals surface area contributed by atoms with Crippen LogP contribution in [0, 0.1) is 6.92 Å². The first-order valence-corrected chi connectivity index (χ1v) is 7.14. The van der Waals surface area contributed by atoms with E-state index >= 15 is 0 Å². The lowest BCUT2D eigenvalue weighted by Crippen LogP contribution is -1.96. The minimum atomic E-state index is 0.572. The summed E-state index contributed by atoms with van der Waals surface area (Å²) < 4.78 is 0. The maximum absolute atomic E-state index is 5.70. The van der Waals surface area contributed by atoms with Crippen LogP contribution in [0.4, 0.5) is 0 Å². The molecule has 19 heavy (non-hydrogen) atoms. The topological polar surface area (TPSA) is 54.7 Å². The van der Waals surface area contributed by atoms with Gasteiger partial charge in [-0.15, -0.1) is 0 Å². The molecule has 1 aromatic carbocycles. The van der Waals surface area contributed by atoms with Gasteiger partial charge in [0.15, 0.2) is 0 Å². The molecule has 3 heteroatoms. The molecule has 1 heterocycles. The van der Waals surface area contributed by atoms with Crippen LogP contribution in [0.25, 0.3) is 11.4 Å². The summed E-state index contributed by atoms with van der Waals surface area (Å²) in [4.78, 5) is 8.28. The number of imidazole rings is 1.